The van der Waals surface area contributed by atoms with Gasteiger partial charge in [-0.3, -0.25) is 18.4 Å². The standard InChI is InChI=1S/C21H28N8O13P2/c22-17-14-19(27-21(24)26-17)29(8-25-14)13-4-10(30)11(40-13)6-38-43(34,35)42-44(36,37)39-7-12-15(31)16(32)20(41-12)28-3-1-2-9(5-28)18(23)33/h1-3,5,8,10-13,15-16,20,30-32H,4,6-7H2,(H7-,22,23,24,26,27,33,34,35,36,37)/p+1. The number of primary amides is 1. The molecule has 5 rings (SSSR count). The van der Waals surface area contributed by atoms with Crippen LogP contribution in [0.25, 0.3) is 11.2 Å². The van der Waals surface area contributed by atoms with Crippen molar-refractivity contribution in [3.63, 3.8) is 0 Å². The van der Waals surface area contributed by atoms with Crippen LogP contribution in [0.15, 0.2) is 30.9 Å². The first kappa shape index (κ1) is 32.2. The molecule has 9 unspecified atom stereocenters. The fourth-order valence-electron chi connectivity index (χ4n) is 4.63. The first-order chi connectivity index (χ1) is 20.6. The van der Waals surface area contributed by atoms with Gasteiger partial charge in [-0.1, -0.05) is 0 Å². The lowest BCUT2D eigenvalue weighted by Crippen LogP contribution is -2.46. The molecule has 3 aromatic heterocycles. The van der Waals surface area contributed by atoms with E-state index in [0.717, 1.165) is 0 Å². The van der Waals surface area contributed by atoms with Gasteiger partial charge in [-0.2, -0.15) is 18.8 Å². The Morgan fingerprint density at radius 2 is 1.75 bits per heavy atom. The Kier molecular flexibility index (Phi) is 9.02. The molecule has 0 bridgehead atoms. The number of fused-ring (bicyclic) bond motifs is 1. The molecule has 23 heteroatoms. The highest BCUT2D eigenvalue weighted by Gasteiger charge is 2.49. The molecular weight excluding hydrogens is 634 g/mol. The number of imidazole rings is 1. The minimum absolute atomic E-state index is 0.0246. The topological polar surface area (TPSA) is 324 Å². The lowest BCUT2D eigenvalue weighted by molar-refractivity contribution is -0.765. The summed E-state index contributed by atoms with van der Waals surface area (Å²) in [6, 6.07) is 2.85. The number of anilines is 2. The third-order valence-electron chi connectivity index (χ3n) is 6.73. The van der Waals surface area contributed by atoms with Crippen molar-refractivity contribution >= 4 is 44.5 Å². The maximum Gasteiger partial charge on any atom is 0.481 e. The number of carbonyl (C=O) groups is 1. The average Bonchev–Trinajstić information content (AvgIpc) is 3.61. The molecular formula is C21H29N8O13P2+. The summed E-state index contributed by atoms with van der Waals surface area (Å²) in [6.07, 6.45) is -5.13. The second-order valence-corrected chi connectivity index (χ2v) is 12.8. The molecule has 3 aromatic rings. The van der Waals surface area contributed by atoms with Gasteiger partial charge in [-0.05, 0) is 6.07 Å². The Bertz CT molecular complexity index is 1640. The lowest BCUT2D eigenvalue weighted by Gasteiger charge is -2.20. The van der Waals surface area contributed by atoms with Crippen LogP contribution in [0.1, 0.15) is 29.2 Å². The maximum atomic E-state index is 12.4. The fourth-order valence-corrected chi connectivity index (χ4v) is 6.72. The lowest BCUT2D eigenvalue weighted by atomic mass is 10.1. The predicted octanol–water partition coefficient (Wildman–Crippen LogP) is -2.40. The third-order valence-corrected chi connectivity index (χ3v) is 9.33. The van der Waals surface area contributed by atoms with Crippen molar-refractivity contribution in [2.45, 2.75) is 49.4 Å². The number of nitrogens with two attached hydrogens (primary N) is 3. The van der Waals surface area contributed by atoms with Gasteiger partial charge in [-0.25, -0.2) is 14.1 Å². The highest BCUT2D eigenvalue weighted by atomic mass is 31.3. The average molecular weight is 663 g/mol. The molecule has 2 fully saturated rings. The number of aromatic nitrogens is 5. The number of hydrogen-bond acceptors (Lipinski definition) is 16. The zero-order valence-corrected chi connectivity index (χ0v) is 24.2. The van der Waals surface area contributed by atoms with E-state index in [1.54, 1.807) is 0 Å². The van der Waals surface area contributed by atoms with E-state index in [2.05, 4.69) is 19.3 Å². The van der Waals surface area contributed by atoms with Crippen molar-refractivity contribution in [1.29, 1.82) is 0 Å². The zero-order chi connectivity index (χ0) is 32.0. The zero-order valence-electron chi connectivity index (χ0n) is 22.4. The Balaban J connectivity index is 1.15. The summed E-state index contributed by atoms with van der Waals surface area (Å²) in [5.74, 6) is -0.853. The van der Waals surface area contributed by atoms with Crippen LogP contribution in [0.4, 0.5) is 11.8 Å². The number of ether oxygens (including phenoxy) is 2. The molecule has 0 radical (unpaired) electrons. The number of aliphatic hydroxyl groups excluding tert-OH is 3. The summed E-state index contributed by atoms with van der Waals surface area (Å²) in [5.41, 5.74) is 17.2. The second-order valence-electron chi connectivity index (χ2n) is 9.78. The van der Waals surface area contributed by atoms with E-state index >= 15 is 0 Å². The number of pyridine rings is 1. The Morgan fingerprint density at radius 3 is 2.43 bits per heavy atom. The number of phosphoric ester groups is 2. The van der Waals surface area contributed by atoms with Crippen LogP contribution in [0.2, 0.25) is 0 Å². The number of nitrogen functional groups attached to an aromatic ring is 2. The van der Waals surface area contributed by atoms with Gasteiger partial charge in [-0.15, -0.1) is 0 Å². The Hall–Kier alpha value is -3.17. The molecule has 0 saturated carbocycles. The molecule has 2 aliphatic rings. The minimum atomic E-state index is -5.32. The normalized spacial score (nSPS) is 29.9. The highest BCUT2D eigenvalue weighted by molar-refractivity contribution is 7.61. The van der Waals surface area contributed by atoms with E-state index in [4.69, 9.17) is 35.7 Å². The van der Waals surface area contributed by atoms with Crippen molar-refractivity contribution in [1.82, 2.24) is 19.5 Å². The van der Waals surface area contributed by atoms with Gasteiger partial charge in [0.25, 0.3) is 12.1 Å². The monoisotopic (exact) mass is 663 g/mol. The molecule has 2 saturated heterocycles. The van der Waals surface area contributed by atoms with E-state index < -0.39 is 77.7 Å². The molecule has 11 N–H and O–H groups in total. The van der Waals surface area contributed by atoms with Crippen molar-refractivity contribution < 1.29 is 66.4 Å². The van der Waals surface area contributed by atoms with Crippen LogP contribution in [0, 0.1) is 0 Å². The van der Waals surface area contributed by atoms with E-state index in [9.17, 15) is 39.0 Å². The van der Waals surface area contributed by atoms with Crippen LogP contribution in [0.5, 0.6) is 0 Å². The summed E-state index contributed by atoms with van der Waals surface area (Å²) >= 11 is 0. The van der Waals surface area contributed by atoms with Gasteiger partial charge >= 0.3 is 15.6 Å². The van der Waals surface area contributed by atoms with Crippen molar-refractivity contribution in [2.75, 3.05) is 24.7 Å². The van der Waals surface area contributed by atoms with Crippen LogP contribution in [0.3, 0.4) is 0 Å². The predicted molar refractivity (Wildman–Crippen MR) is 142 cm³/mol. The van der Waals surface area contributed by atoms with E-state index in [0.29, 0.717) is 0 Å². The second kappa shape index (κ2) is 12.3. The van der Waals surface area contributed by atoms with Crippen LogP contribution < -0.4 is 21.8 Å². The van der Waals surface area contributed by atoms with Gasteiger partial charge < -0.3 is 51.8 Å². The van der Waals surface area contributed by atoms with Crippen LogP contribution in [-0.4, -0.2) is 94.3 Å². The smallest absolute Gasteiger partial charge is 0.390 e. The SMILES string of the molecule is NC(=O)c1ccc[n+](C2OC(COP(=O)(O)OP(=O)(O)OCC3OC(n4cnc5c(N)nc(N)nc54)CC3O)C(O)C2O)c1. The first-order valence-corrected chi connectivity index (χ1v) is 15.7. The number of amides is 1. The maximum absolute atomic E-state index is 12.4. The molecule has 240 valence electrons. The van der Waals surface area contributed by atoms with Gasteiger partial charge in [0.15, 0.2) is 30.0 Å². The van der Waals surface area contributed by atoms with Crippen molar-refractivity contribution in [2.24, 2.45) is 5.73 Å². The molecule has 0 aromatic carbocycles. The molecule has 44 heavy (non-hydrogen) atoms. The van der Waals surface area contributed by atoms with E-state index in [1.165, 1.54) is 40.0 Å². The van der Waals surface area contributed by atoms with Crippen LogP contribution in [-0.2, 0) is 32.0 Å². The molecule has 9 atom stereocenters. The van der Waals surface area contributed by atoms with Gasteiger partial charge in [0, 0.05) is 12.5 Å². The molecule has 5 heterocycles. The highest BCUT2D eigenvalue weighted by Crippen LogP contribution is 2.60. The van der Waals surface area contributed by atoms with Crippen LogP contribution >= 0.6 is 15.6 Å². The number of rotatable bonds is 11. The minimum Gasteiger partial charge on any atom is -0.390 e. The number of hydrogen-bond donors (Lipinski definition) is 8. The molecule has 1 amide bonds. The molecule has 0 spiro atoms. The number of phosphoric acid groups is 2. The summed E-state index contributed by atoms with van der Waals surface area (Å²) in [5, 5.41) is 31.1. The van der Waals surface area contributed by atoms with E-state index in [1.807, 2.05) is 0 Å². The van der Waals surface area contributed by atoms with Gasteiger partial charge in [0.05, 0.1) is 25.6 Å². The Morgan fingerprint density at radius 1 is 1.07 bits per heavy atom. The summed E-state index contributed by atoms with van der Waals surface area (Å²) in [4.78, 5) is 43.5. The quantitative estimate of drug-likeness (QED) is 0.0782. The van der Waals surface area contributed by atoms with E-state index in [-0.39, 0.29) is 34.9 Å². The third kappa shape index (κ3) is 6.89. The summed E-state index contributed by atoms with van der Waals surface area (Å²) in [7, 11) is -10.6. The largest absolute Gasteiger partial charge is 0.481 e. The number of nitrogens with zero attached hydrogens (tertiary/aromatic N) is 5. The number of carbonyl (C=O) groups excluding carboxylic acids is 1. The molecule has 2 aliphatic heterocycles. The van der Waals surface area contributed by atoms with Gasteiger partial charge in [0.1, 0.15) is 35.6 Å². The summed E-state index contributed by atoms with van der Waals surface area (Å²) < 4.78 is 52.5. The Labute approximate surface area is 246 Å². The molecule has 0 aliphatic carbocycles. The first-order valence-electron chi connectivity index (χ1n) is 12.7. The fraction of sp³-hybridized carbons (Fsp3) is 0.476. The summed E-state index contributed by atoms with van der Waals surface area (Å²) in [6.45, 7) is -1.63. The molecule has 21 nitrogen and oxygen atoms in total. The van der Waals surface area contributed by atoms with Gasteiger partial charge in [0.2, 0.25) is 5.95 Å². The van der Waals surface area contributed by atoms with Crippen molar-refractivity contribution in [3.05, 3.63) is 36.4 Å². The van der Waals surface area contributed by atoms with Crippen molar-refractivity contribution in [3.8, 4) is 0 Å². The number of aliphatic hydroxyl groups is 3.